The summed E-state index contributed by atoms with van der Waals surface area (Å²) in [7, 11) is 0. The summed E-state index contributed by atoms with van der Waals surface area (Å²) in [5.74, 6) is -0.916. The van der Waals surface area contributed by atoms with E-state index in [2.05, 4.69) is 4.98 Å². The second-order valence-corrected chi connectivity index (χ2v) is 5.70. The molecule has 0 spiro atoms. The SMILES string of the molecule is O=C(O)c1cccc(Cc2ccc(Cc3ccc[nH]c3=O)cc2)c1. The van der Waals surface area contributed by atoms with Gasteiger partial charge in [0.25, 0.3) is 5.56 Å². The van der Waals surface area contributed by atoms with Gasteiger partial charge in [0, 0.05) is 18.2 Å². The molecular weight excluding hydrogens is 302 g/mol. The first-order valence-electron chi connectivity index (χ1n) is 7.68. The van der Waals surface area contributed by atoms with Gasteiger partial charge in [0.2, 0.25) is 0 Å². The van der Waals surface area contributed by atoms with E-state index in [1.54, 1.807) is 24.4 Å². The van der Waals surface area contributed by atoms with Crippen LogP contribution in [0.2, 0.25) is 0 Å². The molecule has 3 aromatic rings. The van der Waals surface area contributed by atoms with E-state index in [1.807, 2.05) is 42.5 Å². The highest BCUT2D eigenvalue weighted by Gasteiger charge is 2.05. The summed E-state index contributed by atoms with van der Waals surface area (Å²) in [6, 6.07) is 18.6. The van der Waals surface area contributed by atoms with E-state index in [4.69, 9.17) is 5.11 Å². The molecule has 0 radical (unpaired) electrons. The van der Waals surface area contributed by atoms with E-state index in [1.165, 1.54) is 0 Å². The zero-order valence-corrected chi connectivity index (χ0v) is 13.0. The van der Waals surface area contributed by atoms with Gasteiger partial charge in [-0.1, -0.05) is 42.5 Å². The number of nitrogens with one attached hydrogen (secondary N) is 1. The summed E-state index contributed by atoms with van der Waals surface area (Å²) in [5, 5.41) is 9.05. The summed E-state index contributed by atoms with van der Waals surface area (Å²) < 4.78 is 0. The number of aromatic amines is 1. The Morgan fingerprint density at radius 2 is 1.58 bits per heavy atom. The fourth-order valence-electron chi connectivity index (χ4n) is 2.64. The predicted octanol–water partition coefficient (Wildman–Crippen LogP) is 3.25. The van der Waals surface area contributed by atoms with Crippen LogP contribution in [0.1, 0.15) is 32.6 Å². The summed E-state index contributed by atoms with van der Waals surface area (Å²) in [6.45, 7) is 0. The number of carboxylic acid groups (broad SMARTS) is 1. The molecule has 0 atom stereocenters. The van der Waals surface area contributed by atoms with Crippen molar-refractivity contribution in [3.63, 3.8) is 0 Å². The molecule has 0 aliphatic heterocycles. The Bertz CT molecular complexity index is 910. The lowest BCUT2D eigenvalue weighted by Gasteiger charge is -2.06. The zero-order valence-electron chi connectivity index (χ0n) is 13.0. The first-order chi connectivity index (χ1) is 11.6. The van der Waals surface area contributed by atoms with Gasteiger partial charge in [-0.15, -0.1) is 0 Å². The van der Waals surface area contributed by atoms with Crippen molar-refractivity contribution in [2.24, 2.45) is 0 Å². The largest absolute Gasteiger partial charge is 0.478 e. The minimum absolute atomic E-state index is 0.0629. The highest BCUT2D eigenvalue weighted by atomic mass is 16.4. The fourth-order valence-corrected chi connectivity index (χ4v) is 2.64. The quantitative estimate of drug-likeness (QED) is 0.758. The van der Waals surface area contributed by atoms with Gasteiger partial charge in [-0.3, -0.25) is 4.79 Å². The van der Waals surface area contributed by atoms with Crippen molar-refractivity contribution < 1.29 is 9.90 Å². The molecule has 2 aromatic carbocycles. The van der Waals surface area contributed by atoms with Crippen molar-refractivity contribution in [1.29, 1.82) is 0 Å². The van der Waals surface area contributed by atoms with E-state index >= 15 is 0 Å². The summed E-state index contributed by atoms with van der Waals surface area (Å²) in [4.78, 5) is 25.4. The topological polar surface area (TPSA) is 70.2 Å². The third kappa shape index (κ3) is 3.79. The molecule has 0 saturated carbocycles. The van der Waals surface area contributed by atoms with Gasteiger partial charge in [0.1, 0.15) is 0 Å². The molecule has 0 bridgehead atoms. The van der Waals surface area contributed by atoms with Crippen LogP contribution in [-0.2, 0) is 12.8 Å². The van der Waals surface area contributed by atoms with Crippen molar-refractivity contribution in [2.75, 3.05) is 0 Å². The number of aromatic carboxylic acids is 1. The predicted molar refractivity (Wildman–Crippen MR) is 92.5 cm³/mol. The molecule has 0 aliphatic carbocycles. The van der Waals surface area contributed by atoms with Gasteiger partial charge < -0.3 is 10.1 Å². The van der Waals surface area contributed by atoms with E-state index in [0.717, 1.165) is 22.3 Å². The Kier molecular flexibility index (Phi) is 4.57. The number of pyridine rings is 1. The van der Waals surface area contributed by atoms with Crippen LogP contribution in [0.25, 0.3) is 0 Å². The van der Waals surface area contributed by atoms with Crippen LogP contribution >= 0.6 is 0 Å². The Hall–Kier alpha value is -3.14. The molecule has 3 rings (SSSR count). The number of H-pyrrole nitrogens is 1. The number of benzene rings is 2. The first kappa shape index (κ1) is 15.7. The maximum Gasteiger partial charge on any atom is 0.335 e. The van der Waals surface area contributed by atoms with Gasteiger partial charge in [-0.25, -0.2) is 4.79 Å². The monoisotopic (exact) mass is 319 g/mol. The van der Waals surface area contributed by atoms with Crippen LogP contribution in [0.5, 0.6) is 0 Å². The summed E-state index contributed by atoms with van der Waals surface area (Å²) in [5.41, 5.74) is 4.10. The van der Waals surface area contributed by atoms with Crippen LogP contribution in [0.4, 0.5) is 0 Å². The molecule has 0 aliphatic rings. The molecule has 4 heteroatoms. The number of aromatic nitrogens is 1. The molecule has 0 unspecified atom stereocenters. The smallest absolute Gasteiger partial charge is 0.335 e. The third-order valence-corrected chi connectivity index (χ3v) is 3.90. The van der Waals surface area contributed by atoms with Crippen LogP contribution < -0.4 is 5.56 Å². The second-order valence-electron chi connectivity index (χ2n) is 5.70. The Morgan fingerprint density at radius 1 is 0.875 bits per heavy atom. The van der Waals surface area contributed by atoms with Crippen molar-refractivity contribution in [3.05, 3.63) is 105 Å². The van der Waals surface area contributed by atoms with Crippen LogP contribution in [0, 0.1) is 0 Å². The van der Waals surface area contributed by atoms with Crippen molar-refractivity contribution in [3.8, 4) is 0 Å². The molecule has 2 N–H and O–H groups in total. The Morgan fingerprint density at radius 3 is 2.25 bits per heavy atom. The van der Waals surface area contributed by atoms with Gasteiger partial charge in [0.05, 0.1) is 5.56 Å². The average molecular weight is 319 g/mol. The van der Waals surface area contributed by atoms with E-state index in [-0.39, 0.29) is 5.56 Å². The maximum atomic E-state index is 11.7. The van der Waals surface area contributed by atoms with Crippen LogP contribution in [-0.4, -0.2) is 16.1 Å². The molecule has 24 heavy (non-hydrogen) atoms. The molecule has 4 nitrogen and oxygen atoms in total. The standard InChI is InChI=1S/C20H17NO3/c22-19-17(5-2-10-21-19)12-15-8-6-14(7-9-15)11-16-3-1-4-18(13-16)20(23)24/h1-10,13H,11-12H2,(H,21,22)(H,23,24). The summed E-state index contributed by atoms with van der Waals surface area (Å²) in [6.07, 6.45) is 2.89. The van der Waals surface area contributed by atoms with E-state index in [0.29, 0.717) is 18.4 Å². The van der Waals surface area contributed by atoms with E-state index in [9.17, 15) is 9.59 Å². The lowest BCUT2D eigenvalue weighted by atomic mass is 10.00. The highest BCUT2D eigenvalue weighted by molar-refractivity contribution is 5.87. The number of carbonyl (C=O) groups is 1. The lowest BCUT2D eigenvalue weighted by molar-refractivity contribution is 0.0697. The van der Waals surface area contributed by atoms with Crippen molar-refractivity contribution >= 4 is 5.97 Å². The van der Waals surface area contributed by atoms with Crippen LogP contribution in [0.15, 0.2) is 71.7 Å². The Balaban J connectivity index is 1.73. The highest BCUT2D eigenvalue weighted by Crippen LogP contribution is 2.14. The maximum absolute atomic E-state index is 11.7. The summed E-state index contributed by atoms with van der Waals surface area (Å²) >= 11 is 0. The molecule has 0 saturated heterocycles. The fraction of sp³-hybridized carbons (Fsp3) is 0.100. The minimum atomic E-state index is -0.916. The molecule has 0 fully saturated rings. The average Bonchev–Trinajstić information content (AvgIpc) is 2.59. The number of hydrogen-bond acceptors (Lipinski definition) is 2. The number of rotatable bonds is 5. The van der Waals surface area contributed by atoms with Crippen molar-refractivity contribution in [2.45, 2.75) is 12.8 Å². The van der Waals surface area contributed by atoms with Gasteiger partial charge in [0.15, 0.2) is 0 Å². The minimum Gasteiger partial charge on any atom is -0.478 e. The van der Waals surface area contributed by atoms with Crippen molar-refractivity contribution in [1.82, 2.24) is 4.98 Å². The molecule has 120 valence electrons. The Labute approximate surface area is 139 Å². The van der Waals surface area contributed by atoms with Gasteiger partial charge in [-0.05, 0) is 41.3 Å². The molecule has 1 aromatic heterocycles. The third-order valence-electron chi connectivity index (χ3n) is 3.90. The number of carboxylic acids is 1. The van der Waals surface area contributed by atoms with Crippen LogP contribution in [0.3, 0.4) is 0 Å². The van der Waals surface area contributed by atoms with Gasteiger partial charge in [-0.2, -0.15) is 0 Å². The normalized spacial score (nSPS) is 10.5. The first-order valence-corrected chi connectivity index (χ1v) is 7.68. The molecular formula is C20H17NO3. The zero-order chi connectivity index (χ0) is 16.9. The number of hydrogen-bond donors (Lipinski definition) is 2. The molecule has 0 amide bonds. The van der Waals surface area contributed by atoms with Gasteiger partial charge >= 0.3 is 5.97 Å². The molecule has 1 heterocycles. The lowest BCUT2D eigenvalue weighted by Crippen LogP contribution is -2.11. The second kappa shape index (κ2) is 6.96. The van der Waals surface area contributed by atoms with E-state index < -0.39 is 5.97 Å².